The molecule has 0 aliphatic heterocycles. The number of carbonyl (C=O) groups is 1. The summed E-state index contributed by atoms with van der Waals surface area (Å²) in [5, 5.41) is 3.02. The largest absolute Gasteiger partial charge is 0.497 e. The Morgan fingerprint density at radius 2 is 1.61 bits per heavy atom. The van der Waals surface area contributed by atoms with Gasteiger partial charge in [-0.15, -0.1) is 0 Å². The maximum absolute atomic E-state index is 12.5. The van der Waals surface area contributed by atoms with Crippen LogP contribution in [0.1, 0.15) is 24.0 Å². The maximum atomic E-state index is 12.5. The number of methoxy groups -OCH3 is 1. The lowest BCUT2D eigenvalue weighted by molar-refractivity contribution is -0.122. The van der Waals surface area contributed by atoms with Gasteiger partial charge in [-0.3, -0.25) is 4.79 Å². The van der Waals surface area contributed by atoms with E-state index in [-0.39, 0.29) is 11.8 Å². The molecule has 3 rings (SSSR count). The summed E-state index contributed by atoms with van der Waals surface area (Å²) in [7, 11) is 1.65. The third kappa shape index (κ3) is 5.36. The van der Waals surface area contributed by atoms with Gasteiger partial charge in [-0.2, -0.15) is 0 Å². The number of carbonyl (C=O) groups excluding carboxylic acids is 1. The van der Waals surface area contributed by atoms with Crippen LogP contribution in [0, 0.1) is 0 Å². The number of hydrogen-bond acceptors (Lipinski definition) is 3. The minimum atomic E-state index is -0.260. The van der Waals surface area contributed by atoms with E-state index in [4.69, 9.17) is 9.47 Å². The van der Waals surface area contributed by atoms with Gasteiger partial charge in [-0.05, 0) is 60.9 Å². The molecule has 144 valence electrons. The molecule has 0 bridgehead atoms. The molecule has 4 heteroatoms. The predicted molar refractivity (Wildman–Crippen MR) is 111 cm³/mol. The van der Waals surface area contributed by atoms with Crippen molar-refractivity contribution in [1.29, 1.82) is 0 Å². The summed E-state index contributed by atoms with van der Waals surface area (Å²) in [6, 6.07) is 25.2. The van der Waals surface area contributed by atoms with E-state index in [0.29, 0.717) is 6.54 Å². The first-order chi connectivity index (χ1) is 13.7. The maximum Gasteiger partial charge on any atom is 0.227 e. The third-order valence-corrected chi connectivity index (χ3v) is 4.58. The van der Waals surface area contributed by atoms with Crippen molar-refractivity contribution in [3.05, 3.63) is 90.0 Å². The lowest BCUT2D eigenvalue weighted by atomic mass is 10.00. The average Bonchev–Trinajstić information content (AvgIpc) is 2.74. The molecule has 0 saturated heterocycles. The number of hydrogen-bond donors (Lipinski definition) is 1. The van der Waals surface area contributed by atoms with Crippen molar-refractivity contribution in [2.75, 3.05) is 13.7 Å². The molecule has 0 radical (unpaired) electrons. The lowest BCUT2D eigenvalue weighted by Crippen LogP contribution is -2.29. The molecule has 0 unspecified atom stereocenters. The zero-order chi connectivity index (χ0) is 19.8. The normalized spacial score (nSPS) is 11.5. The van der Waals surface area contributed by atoms with Gasteiger partial charge in [0.05, 0.1) is 13.0 Å². The summed E-state index contributed by atoms with van der Waals surface area (Å²) in [4.78, 5) is 12.5. The Morgan fingerprint density at radius 3 is 2.39 bits per heavy atom. The van der Waals surface area contributed by atoms with Crippen LogP contribution in [0.15, 0.2) is 78.9 Å². The summed E-state index contributed by atoms with van der Waals surface area (Å²) >= 11 is 0. The minimum absolute atomic E-state index is 0.000225. The highest BCUT2D eigenvalue weighted by atomic mass is 16.5. The number of amides is 1. The van der Waals surface area contributed by atoms with Gasteiger partial charge in [0.15, 0.2) is 0 Å². The molecule has 0 aromatic heterocycles. The Hall–Kier alpha value is -3.27. The molecule has 0 aliphatic carbocycles. The average molecular weight is 375 g/mol. The molecule has 4 nitrogen and oxygen atoms in total. The van der Waals surface area contributed by atoms with Gasteiger partial charge in [-0.1, -0.05) is 42.5 Å². The van der Waals surface area contributed by atoms with E-state index < -0.39 is 0 Å². The van der Waals surface area contributed by atoms with Crippen molar-refractivity contribution in [2.45, 2.75) is 19.3 Å². The summed E-state index contributed by atoms with van der Waals surface area (Å²) in [6.45, 7) is 2.49. The van der Waals surface area contributed by atoms with Crippen LogP contribution < -0.4 is 14.8 Å². The van der Waals surface area contributed by atoms with Crippen molar-refractivity contribution in [3.63, 3.8) is 0 Å². The fourth-order valence-corrected chi connectivity index (χ4v) is 2.93. The first-order valence-corrected chi connectivity index (χ1v) is 9.39. The van der Waals surface area contributed by atoms with Crippen LogP contribution in [0.2, 0.25) is 0 Å². The molecule has 0 heterocycles. The molecule has 1 atom stereocenters. The summed E-state index contributed by atoms with van der Waals surface area (Å²) in [5.41, 5.74) is 2.05. The second-order valence-corrected chi connectivity index (χ2v) is 6.60. The molecule has 3 aromatic rings. The van der Waals surface area contributed by atoms with E-state index in [1.165, 1.54) is 0 Å². The Morgan fingerprint density at radius 1 is 0.893 bits per heavy atom. The predicted octanol–water partition coefficient (Wildman–Crippen LogP) is 4.95. The zero-order valence-electron chi connectivity index (χ0n) is 16.2. The Bertz CT molecular complexity index is 908. The van der Waals surface area contributed by atoms with E-state index in [2.05, 4.69) is 5.32 Å². The molecular formula is C24H25NO3. The number of ether oxygens (including phenoxy) is 2. The number of benzene rings is 3. The molecule has 0 fully saturated rings. The highest BCUT2D eigenvalue weighted by Gasteiger charge is 2.15. The van der Waals surface area contributed by atoms with Crippen LogP contribution in [0.5, 0.6) is 17.2 Å². The molecule has 1 amide bonds. The van der Waals surface area contributed by atoms with Crippen LogP contribution in [0.3, 0.4) is 0 Å². The van der Waals surface area contributed by atoms with Crippen LogP contribution in [-0.4, -0.2) is 19.6 Å². The Kier molecular flexibility index (Phi) is 6.68. The second kappa shape index (κ2) is 9.60. The molecule has 0 saturated carbocycles. The third-order valence-electron chi connectivity index (χ3n) is 4.58. The molecular weight excluding hydrogens is 350 g/mol. The molecule has 28 heavy (non-hydrogen) atoms. The van der Waals surface area contributed by atoms with Crippen molar-refractivity contribution < 1.29 is 14.3 Å². The van der Waals surface area contributed by atoms with Gasteiger partial charge in [0, 0.05) is 6.54 Å². The summed E-state index contributed by atoms with van der Waals surface area (Å²) in [6.07, 6.45) is 0.757. The van der Waals surface area contributed by atoms with E-state index >= 15 is 0 Å². The number of rotatable bonds is 8. The van der Waals surface area contributed by atoms with E-state index in [9.17, 15) is 4.79 Å². The van der Waals surface area contributed by atoms with Crippen molar-refractivity contribution in [2.24, 2.45) is 0 Å². The quantitative estimate of drug-likeness (QED) is 0.606. The first kappa shape index (κ1) is 19.5. The fraction of sp³-hybridized carbons (Fsp3) is 0.208. The minimum Gasteiger partial charge on any atom is -0.497 e. The lowest BCUT2D eigenvalue weighted by Gasteiger charge is -2.14. The van der Waals surface area contributed by atoms with Gasteiger partial charge in [0.25, 0.3) is 0 Å². The van der Waals surface area contributed by atoms with Gasteiger partial charge in [0.2, 0.25) is 5.91 Å². The van der Waals surface area contributed by atoms with Gasteiger partial charge in [-0.25, -0.2) is 0 Å². The summed E-state index contributed by atoms with van der Waals surface area (Å²) < 4.78 is 11.1. The van der Waals surface area contributed by atoms with Crippen molar-refractivity contribution >= 4 is 5.91 Å². The van der Waals surface area contributed by atoms with Gasteiger partial charge >= 0.3 is 0 Å². The summed E-state index contributed by atoms with van der Waals surface area (Å²) in [5.74, 6) is 2.06. The Balaban J connectivity index is 1.56. The van der Waals surface area contributed by atoms with Gasteiger partial charge < -0.3 is 14.8 Å². The number of nitrogens with one attached hydrogen (secondary N) is 1. The van der Waals surface area contributed by atoms with Crippen LogP contribution in [-0.2, 0) is 11.2 Å². The molecule has 1 N–H and O–H groups in total. The standard InChI is InChI=1S/C24H25NO3/c1-18(24(26)25-15-14-19-8-6-12-22(16-19)27-2)20-9-7-13-23(17-20)28-21-10-4-3-5-11-21/h3-13,16-18H,14-15H2,1-2H3,(H,25,26)/t18-/m0/s1. The van der Waals surface area contributed by atoms with Crippen molar-refractivity contribution in [1.82, 2.24) is 5.32 Å². The van der Waals surface area contributed by atoms with Crippen molar-refractivity contribution in [3.8, 4) is 17.2 Å². The van der Waals surface area contributed by atoms with E-state index in [1.54, 1.807) is 7.11 Å². The highest BCUT2D eigenvalue weighted by Crippen LogP contribution is 2.25. The highest BCUT2D eigenvalue weighted by molar-refractivity contribution is 5.83. The van der Waals surface area contributed by atoms with E-state index in [1.807, 2.05) is 85.8 Å². The second-order valence-electron chi connectivity index (χ2n) is 6.60. The Labute approximate surface area is 166 Å². The topological polar surface area (TPSA) is 47.6 Å². The molecule has 0 spiro atoms. The van der Waals surface area contributed by atoms with Crippen LogP contribution in [0.4, 0.5) is 0 Å². The SMILES string of the molecule is COc1cccc(CCNC(=O)[C@@H](C)c2cccc(Oc3ccccc3)c2)c1. The first-order valence-electron chi connectivity index (χ1n) is 9.39. The van der Waals surface area contributed by atoms with E-state index in [0.717, 1.165) is 34.8 Å². The molecule has 3 aromatic carbocycles. The monoisotopic (exact) mass is 375 g/mol. The fourth-order valence-electron chi connectivity index (χ4n) is 2.93. The molecule has 0 aliphatic rings. The zero-order valence-corrected chi connectivity index (χ0v) is 16.2. The van der Waals surface area contributed by atoms with Crippen LogP contribution >= 0.6 is 0 Å². The number of para-hydroxylation sites is 1. The van der Waals surface area contributed by atoms with Crippen LogP contribution in [0.25, 0.3) is 0 Å². The smallest absolute Gasteiger partial charge is 0.227 e. The van der Waals surface area contributed by atoms with Gasteiger partial charge in [0.1, 0.15) is 17.2 Å².